The number of rotatable bonds is 2. The molecule has 0 amide bonds. The summed E-state index contributed by atoms with van der Waals surface area (Å²) in [6, 6.07) is 4.11. The highest BCUT2D eigenvalue weighted by molar-refractivity contribution is 9.11. The molecule has 0 unspecified atom stereocenters. The molecule has 2 aromatic heterocycles. The first-order valence-electron chi connectivity index (χ1n) is 4.47. The monoisotopic (exact) mass is 302 g/mol. The maximum atomic E-state index is 5.99. The third-order valence-corrected chi connectivity index (χ3v) is 4.58. The van der Waals surface area contributed by atoms with Gasteiger partial charge in [-0.05, 0) is 41.9 Å². The van der Waals surface area contributed by atoms with E-state index in [9.17, 15) is 0 Å². The van der Waals surface area contributed by atoms with Gasteiger partial charge in [0.1, 0.15) is 5.01 Å². The molecule has 5 heteroatoms. The lowest BCUT2D eigenvalue weighted by molar-refractivity contribution is 0.539. The Morgan fingerprint density at radius 2 is 2.13 bits per heavy atom. The molecule has 2 rings (SSSR count). The van der Waals surface area contributed by atoms with Crippen LogP contribution in [0.4, 0.5) is 0 Å². The maximum Gasteiger partial charge on any atom is 0.133 e. The summed E-state index contributed by atoms with van der Waals surface area (Å²) in [6.45, 7) is 3.94. The zero-order valence-corrected chi connectivity index (χ0v) is 11.7. The van der Waals surface area contributed by atoms with Crippen LogP contribution in [0, 0.1) is 0 Å². The van der Waals surface area contributed by atoms with Crippen molar-refractivity contribution in [3.63, 3.8) is 0 Å². The molecular formula is C10H11BrN2S2. The molecular weight excluding hydrogens is 292 g/mol. The number of hydrogen-bond donors (Lipinski definition) is 1. The SMILES string of the molecule is CC(C)(N)c1csc(-c2ccc(Br)s2)n1. The van der Waals surface area contributed by atoms with Crippen molar-refractivity contribution in [2.75, 3.05) is 0 Å². The average Bonchev–Trinajstić information content (AvgIpc) is 2.69. The molecule has 0 aliphatic rings. The summed E-state index contributed by atoms with van der Waals surface area (Å²) in [6.07, 6.45) is 0. The van der Waals surface area contributed by atoms with Crippen LogP contribution in [-0.2, 0) is 5.54 Å². The van der Waals surface area contributed by atoms with E-state index in [-0.39, 0.29) is 5.54 Å². The van der Waals surface area contributed by atoms with Gasteiger partial charge in [-0.2, -0.15) is 0 Å². The Morgan fingerprint density at radius 3 is 2.60 bits per heavy atom. The van der Waals surface area contributed by atoms with Crippen LogP contribution < -0.4 is 5.73 Å². The second kappa shape index (κ2) is 3.97. The number of thiophene rings is 1. The van der Waals surface area contributed by atoms with Gasteiger partial charge < -0.3 is 5.73 Å². The molecule has 2 heterocycles. The number of hydrogen-bond acceptors (Lipinski definition) is 4. The molecule has 0 atom stereocenters. The van der Waals surface area contributed by atoms with E-state index in [0.717, 1.165) is 14.5 Å². The van der Waals surface area contributed by atoms with Gasteiger partial charge in [0.15, 0.2) is 0 Å². The van der Waals surface area contributed by atoms with Gasteiger partial charge >= 0.3 is 0 Å². The van der Waals surface area contributed by atoms with Crippen molar-refractivity contribution in [2.24, 2.45) is 5.73 Å². The fraction of sp³-hybridized carbons (Fsp3) is 0.300. The Bertz CT molecular complexity index is 468. The summed E-state index contributed by atoms with van der Waals surface area (Å²) in [5, 5.41) is 3.07. The number of nitrogens with zero attached hydrogens (tertiary/aromatic N) is 1. The van der Waals surface area contributed by atoms with E-state index in [2.05, 4.69) is 27.0 Å². The molecule has 15 heavy (non-hydrogen) atoms. The summed E-state index contributed by atoms with van der Waals surface area (Å²) in [7, 11) is 0. The van der Waals surface area contributed by atoms with Crippen LogP contribution in [0.1, 0.15) is 19.5 Å². The van der Waals surface area contributed by atoms with Crippen molar-refractivity contribution in [1.82, 2.24) is 4.98 Å². The average molecular weight is 303 g/mol. The Balaban J connectivity index is 2.36. The Hall–Kier alpha value is -0.230. The first-order chi connectivity index (χ1) is 6.97. The lowest BCUT2D eigenvalue weighted by atomic mass is 10.0. The van der Waals surface area contributed by atoms with Gasteiger partial charge in [-0.25, -0.2) is 4.98 Å². The van der Waals surface area contributed by atoms with E-state index in [4.69, 9.17) is 5.73 Å². The molecule has 80 valence electrons. The normalized spacial score (nSPS) is 12.0. The highest BCUT2D eigenvalue weighted by Gasteiger charge is 2.18. The highest BCUT2D eigenvalue weighted by atomic mass is 79.9. The fourth-order valence-electron chi connectivity index (χ4n) is 1.11. The van der Waals surface area contributed by atoms with Gasteiger partial charge in [-0.1, -0.05) is 0 Å². The molecule has 0 aliphatic carbocycles. The van der Waals surface area contributed by atoms with Crippen LogP contribution in [0.15, 0.2) is 21.3 Å². The van der Waals surface area contributed by atoms with Crippen molar-refractivity contribution in [2.45, 2.75) is 19.4 Å². The van der Waals surface area contributed by atoms with Crippen LogP contribution in [0.3, 0.4) is 0 Å². The quantitative estimate of drug-likeness (QED) is 0.916. The first-order valence-corrected chi connectivity index (χ1v) is 6.96. The van der Waals surface area contributed by atoms with Gasteiger partial charge in [-0.3, -0.25) is 0 Å². The zero-order valence-electron chi connectivity index (χ0n) is 8.45. The third-order valence-electron chi connectivity index (χ3n) is 1.95. The molecule has 2 aromatic rings. The van der Waals surface area contributed by atoms with Gasteiger partial charge in [0.25, 0.3) is 0 Å². The topological polar surface area (TPSA) is 38.9 Å². The van der Waals surface area contributed by atoms with Crippen molar-refractivity contribution in [1.29, 1.82) is 0 Å². The van der Waals surface area contributed by atoms with Crippen LogP contribution >= 0.6 is 38.6 Å². The summed E-state index contributed by atoms with van der Waals surface area (Å²) < 4.78 is 1.13. The number of aromatic nitrogens is 1. The van der Waals surface area contributed by atoms with E-state index in [1.54, 1.807) is 22.7 Å². The van der Waals surface area contributed by atoms with Gasteiger partial charge in [0.2, 0.25) is 0 Å². The number of thiazole rings is 1. The van der Waals surface area contributed by atoms with Crippen LogP contribution in [0.5, 0.6) is 0 Å². The predicted octanol–water partition coefficient (Wildman–Crippen LogP) is 3.83. The number of halogens is 1. The highest BCUT2D eigenvalue weighted by Crippen LogP contribution is 2.34. The van der Waals surface area contributed by atoms with E-state index in [1.807, 2.05) is 25.3 Å². The van der Waals surface area contributed by atoms with Gasteiger partial charge in [0.05, 0.1) is 19.9 Å². The molecule has 0 bridgehead atoms. The second-order valence-electron chi connectivity index (χ2n) is 3.86. The molecule has 0 saturated carbocycles. The fourth-order valence-corrected chi connectivity index (χ4v) is 3.57. The van der Waals surface area contributed by atoms with Crippen LogP contribution in [0.2, 0.25) is 0 Å². The summed E-state index contributed by atoms with van der Waals surface area (Å²) >= 11 is 6.78. The molecule has 0 fully saturated rings. The van der Waals surface area contributed by atoms with Gasteiger partial charge in [0, 0.05) is 5.38 Å². The minimum absolute atomic E-state index is 0.358. The van der Waals surface area contributed by atoms with E-state index >= 15 is 0 Å². The summed E-state index contributed by atoms with van der Waals surface area (Å²) in [5.41, 5.74) is 6.58. The molecule has 2 N–H and O–H groups in total. The van der Waals surface area contributed by atoms with Crippen molar-refractivity contribution in [3.05, 3.63) is 27.0 Å². The predicted molar refractivity (Wildman–Crippen MR) is 70.3 cm³/mol. The van der Waals surface area contributed by atoms with Gasteiger partial charge in [-0.15, -0.1) is 22.7 Å². The minimum Gasteiger partial charge on any atom is -0.321 e. The third kappa shape index (κ3) is 2.47. The molecule has 0 aliphatic heterocycles. The largest absolute Gasteiger partial charge is 0.321 e. The van der Waals surface area contributed by atoms with E-state index < -0.39 is 0 Å². The molecule has 0 radical (unpaired) electrons. The molecule has 0 saturated heterocycles. The molecule has 0 aromatic carbocycles. The Kier molecular flexibility index (Phi) is 2.98. The van der Waals surface area contributed by atoms with E-state index in [1.165, 1.54) is 4.88 Å². The molecule has 0 spiro atoms. The summed E-state index contributed by atoms with van der Waals surface area (Å²) in [5.74, 6) is 0. The Labute approximate surface area is 105 Å². The zero-order chi connectivity index (χ0) is 11.1. The maximum absolute atomic E-state index is 5.99. The van der Waals surface area contributed by atoms with Crippen molar-refractivity contribution in [3.8, 4) is 9.88 Å². The summed E-state index contributed by atoms with van der Waals surface area (Å²) in [4.78, 5) is 5.73. The lowest BCUT2D eigenvalue weighted by Crippen LogP contribution is -2.28. The van der Waals surface area contributed by atoms with Crippen LogP contribution in [0.25, 0.3) is 9.88 Å². The van der Waals surface area contributed by atoms with Crippen LogP contribution in [-0.4, -0.2) is 4.98 Å². The number of nitrogens with two attached hydrogens (primary N) is 1. The standard InChI is InChI=1S/C10H11BrN2S2/c1-10(2,12)7-5-14-9(13-7)6-3-4-8(11)15-6/h3-5H,12H2,1-2H3. The van der Waals surface area contributed by atoms with E-state index in [0.29, 0.717) is 0 Å². The minimum atomic E-state index is -0.358. The van der Waals surface area contributed by atoms with Crippen molar-refractivity contribution < 1.29 is 0 Å². The Morgan fingerprint density at radius 1 is 1.40 bits per heavy atom. The molecule has 2 nitrogen and oxygen atoms in total. The lowest BCUT2D eigenvalue weighted by Gasteiger charge is -2.14. The smallest absolute Gasteiger partial charge is 0.133 e. The first kappa shape index (κ1) is 11.3. The second-order valence-corrected chi connectivity index (χ2v) is 7.18. The van der Waals surface area contributed by atoms with Crippen molar-refractivity contribution >= 4 is 38.6 Å².